The number of nitrogens with zero attached hydrogens (tertiary/aromatic N) is 1. The van der Waals surface area contributed by atoms with Crippen LogP contribution in [0.1, 0.15) is 31.2 Å². The largest absolute Gasteiger partial charge is 0.298 e. The number of likely N-dealkylation sites (tertiary alicyclic amines) is 1. The second-order valence-electron chi connectivity index (χ2n) is 6.06. The number of benzene rings is 1. The predicted molar refractivity (Wildman–Crippen MR) is 79.8 cm³/mol. The van der Waals surface area contributed by atoms with Crippen LogP contribution in [0.5, 0.6) is 0 Å². The highest BCUT2D eigenvalue weighted by atomic mass is 32.2. The van der Waals surface area contributed by atoms with Crippen LogP contribution in [0.3, 0.4) is 0 Å². The van der Waals surface area contributed by atoms with Gasteiger partial charge in [0.1, 0.15) is 5.82 Å². The van der Waals surface area contributed by atoms with Crippen molar-refractivity contribution < 1.29 is 12.8 Å². The lowest BCUT2D eigenvalue weighted by Gasteiger charge is -2.33. The molecule has 1 saturated carbocycles. The third-order valence-corrected chi connectivity index (χ3v) is 6.13. The van der Waals surface area contributed by atoms with E-state index in [2.05, 4.69) is 9.62 Å². The van der Waals surface area contributed by atoms with Gasteiger partial charge in [-0.15, -0.1) is 0 Å². The van der Waals surface area contributed by atoms with E-state index in [-0.39, 0.29) is 17.1 Å². The van der Waals surface area contributed by atoms with Crippen LogP contribution >= 0.6 is 0 Å². The summed E-state index contributed by atoms with van der Waals surface area (Å²) < 4.78 is 39.7. The Kier molecular flexibility index (Phi) is 4.28. The maximum absolute atomic E-state index is 12.9. The molecule has 1 unspecified atom stereocenters. The Morgan fingerprint density at radius 1 is 1.19 bits per heavy atom. The fourth-order valence-electron chi connectivity index (χ4n) is 2.85. The summed E-state index contributed by atoms with van der Waals surface area (Å²) in [6.07, 6.45) is 3.47. The van der Waals surface area contributed by atoms with Crippen molar-refractivity contribution in [2.45, 2.75) is 43.5 Å². The van der Waals surface area contributed by atoms with Gasteiger partial charge in [-0.3, -0.25) is 4.90 Å². The van der Waals surface area contributed by atoms with E-state index in [4.69, 9.17) is 0 Å². The summed E-state index contributed by atoms with van der Waals surface area (Å²) in [5.74, 6) is -0.229. The van der Waals surface area contributed by atoms with Crippen molar-refractivity contribution in [2.75, 3.05) is 13.1 Å². The summed E-state index contributed by atoms with van der Waals surface area (Å²) in [6.45, 7) is 2.42. The van der Waals surface area contributed by atoms with Crippen LogP contribution in [0.25, 0.3) is 0 Å². The number of hydrogen-bond acceptors (Lipinski definition) is 3. The summed E-state index contributed by atoms with van der Waals surface area (Å²) in [7, 11) is -3.11. The molecule has 1 atom stereocenters. The highest BCUT2D eigenvalue weighted by Crippen LogP contribution is 2.28. The first-order valence-corrected chi connectivity index (χ1v) is 9.05. The van der Waals surface area contributed by atoms with Gasteiger partial charge in [0.25, 0.3) is 0 Å². The summed E-state index contributed by atoms with van der Waals surface area (Å²) >= 11 is 0. The van der Waals surface area contributed by atoms with Crippen LogP contribution in [0.15, 0.2) is 24.3 Å². The van der Waals surface area contributed by atoms with E-state index in [1.54, 1.807) is 12.1 Å². The SMILES string of the molecule is O=S(=O)(NC1CCCN(Cc2ccc(F)cc2)C1)C1CC1. The van der Waals surface area contributed by atoms with Gasteiger partial charge < -0.3 is 0 Å². The maximum atomic E-state index is 12.9. The molecule has 1 aliphatic heterocycles. The Balaban J connectivity index is 1.56. The Morgan fingerprint density at radius 3 is 2.57 bits per heavy atom. The molecule has 1 aliphatic carbocycles. The number of hydrogen-bond donors (Lipinski definition) is 1. The molecule has 6 heteroatoms. The van der Waals surface area contributed by atoms with Crippen LogP contribution in [0, 0.1) is 5.82 Å². The topological polar surface area (TPSA) is 49.4 Å². The monoisotopic (exact) mass is 312 g/mol. The lowest BCUT2D eigenvalue weighted by Crippen LogP contribution is -2.48. The van der Waals surface area contributed by atoms with Crippen LogP contribution in [-0.2, 0) is 16.6 Å². The van der Waals surface area contributed by atoms with E-state index in [0.29, 0.717) is 0 Å². The molecule has 1 aromatic rings. The van der Waals surface area contributed by atoms with Crippen molar-refractivity contribution in [3.63, 3.8) is 0 Å². The number of sulfonamides is 1. The van der Waals surface area contributed by atoms with Crippen molar-refractivity contribution >= 4 is 10.0 Å². The van der Waals surface area contributed by atoms with E-state index in [1.165, 1.54) is 12.1 Å². The fraction of sp³-hybridized carbons (Fsp3) is 0.600. The number of nitrogens with one attached hydrogen (secondary N) is 1. The molecule has 1 saturated heterocycles. The summed E-state index contributed by atoms with van der Waals surface area (Å²) in [5.41, 5.74) is 1.06. The van der Waals surface area contributed by atoms with Crippen molar-refractivity contribution in [2.24, 2.45) is 0 Å². The quantitative estimate of drug-likeness (QED) is 0.903. The van der Waals surface area contributed by atoms with Crippen molar-refractivity contribution in [3.8, 4) is 0 Å². The van der Waals surface area contributed by atoms with Crippen molar-refractivity contribution in [1.29, 1.82) is 0 Å². The molecule has 116 valence electrons. The second-order valence-corrected chi connectivity index (χ2v) is 8.06. The van der Waals surface area contributed by atoms with Crippen molar-refractivity contribution in [3.05, 3.63) is 35.6 Å². The summed E-state index contributed by atoms with van der Waals surface area (Å²) in [4.78, 5) is 2.23. The fourth-order valence-corrected chi connectivity index (χ4v) is 4.46. The van der Waals surface area contributed by atoms with E-state index < -0.39 is 10.0 Å². The van der Waals surface area contributed by atoms with Gasteiger partial charge in [0.2, 0.25) is 10.0 Å². The molecular weight excluding hydrogens is 291 g/mol. The highest BCUT2D eigenvalue weighted by Gasteiger charge is 2.37. The Morgan fingerprint density at radius 2 is 1.90 bits per heavy atom. The average Bonchev–Trinajstić information content (AvgIpc) is 3.26. The third-order valence-electron chi connectivity index (χ3n) is 4.12. The molecule has 0 aromatic heterocycles. The lowest BCUT2D eigenvalue weighted by atomic mass is 10.1. The standard InChI is InChI=1S/C15H21FN2O2S/c16-13-5-3-12(4-6-13)10-18-9-1-2-14(11-18)17-21(19,20)15-7-8-15/h3-6,14-15,17H,1-2,7-11H2. The first-order valence-electron chi connectivity index (χ1n) is 7.51. The Bertz CT molecular complexity index is 584. The molecular formula is C15H21FN2O2S. The predicted octanol–water partition coefficient (Wildman–Crippen LogP) is 1.87. The first kappa shape index (κ1) is 14.9. The molecule has 0 amide bonds. The zero-order valence-corrected chi connectivity index (χ0v) is 12.8. The minimum Gasteiger partial charge on any atom is -0.298 e. The van der Waals surface area contributed by atoms with Gasteiger partial charge in [-0.2, -0.15) is 0 Å². The van der Waals surface area contributed by atoms with Gasteiger partial charge in [-0.25, -0.2) is 17.5 Å². The van der Waals surface area contributed by atoms with Gasteiger partial charge >= 0.3 is 0 Å². The van der Waals surface area contributed by atoms with Gasteiger partial charge in [0, 0.05) is 19.1 Å². The van der Waals surface area contributed by atoms with Crippen molar-refractivity contribution in [1.82, 2.24) is 9.62 Å². The normalized spacial score (nSPS) is 24.1. The molecule has 4 nitrogen and oxygen atoms in total. The second kappa shape index (κ2) is 6.02. The zero-order valence-electron chi connectivity index (χ0n) is 12.0. The molecule has 3 rings (SSSR count). The minimum absolute atomic E-state index is 0.00444. The summed E-state index contributed by atoms with van der Waals surface area (Å²) in [5, 5.41) is -0.162. The molecule has 0 radical (unpaired) electrons. The van der Waals surface area contributed by atoms with E-state index in [1.807, 2.05) is 0 Å². The highest BCUT2D eigenvalue weighted by molar-refractivity contribution is 7.90. The van der Waals surface area contributed by atoms with Gasteiger partial charge in [-0.1, -0.05) is 12.1 Å². The van der Waals surface area contributed by atoms with Crippen LogP contribution in [0.4, 0.5) is 4.39 Å². The number of halogens is 1. The molecule has 0 spiro atoms. The van der Waals surface area contributed by atoms with Gasteiger partial charge in [0.15, 0.2) is 0 Å². The minimum atomic E-state index is -3.11. The molecule has 1 aromatic carbocycles. The zero-order chi connectivity index (χ0) is 14.9. The molecule has 21 heavy (non-hydrogen) atoms. The molecule has 2 aliphatic rings. The van der Waals surface area contributed by atoms with E-state index in [0.717, 1.165) is 50.9 Å². The number of piperidine rings is 1. The molecule has 1 heterocycles. The third kappa shape index (κ3) is 4.02. The summed E-state index contributed by atoms with van der Waals surface area (Å²) in [6, 6.07) is 6.50. The Hall–Kier alpha value is -0.980. The smallest absolute Gasteiger partial charge is 0.214 e. The maximum Gasteiger partial charge on any atom is 0.214 e. The molecule has 0 bridgehead atoms. The van der Waals surface area contributed by atoms with Gasteiger partial charge in [0.05, 0.1) is 5.25 Å². The average molecular weight is 312 g/mol. The van der Waals surface area contributed by atoms with Crippen LogP contribution < -0.4 is 4.72 Å². The van der Waals surface area contributed by atoms with Crippen LogP contribution in [0.2, 0.25) is 0 Å². The van der Waals surface area contributed by atoms with E-state index >= 15 is 0 Å². The molecule has 1 N–H and O–H groups in total. The Labute approximate surface area is 125 Å². The van der Waals surface area contributed by atoms with Crippen LogP contribution in [-0.4, -0.2) is 37.7 Å². The first-order chi connectivity index (χ1) is 10.0. The molecule has 2 fully saturated rings. The number of rotatable bonds is 5. The van der Waals surface area contributed by atoms with Gasteiger partial charge in [-0.05, 0) is 49.9 Å². The lowest BCUT2D eigenvalue weighted by molar-refractivity contribution is 0.194. The van der Waals surface area contributed by atoms with E-state index in [9.17, 15) is 12.8 Å².